The number of esters is 1. The van der Waals surface area contributed by atoms with Gasteiger partial charge in [0.2, 0.25) is 17.7 Å². The molecule has 0 aromatic heterocycles. The van der Waals surface area contributed by atoms with Gasteiger partial charge in [0.15, 0.2) is 0 Å². The Balaban J connectivity index is 5.21. The smallest absolute Gasteiger partial charge is 0.328 e. The lowest BCUT2D eigenvalue weighted by atomic mass is 9.92. The van der Waals surface area contributed by atoms with Crippen molar-refractivity contribution in [1.82, 2.24) is 16.1 Å². The van der Waals surface area contributed by atoms with Crippen LogP contribution in [0, 0.1) is 17.8 Å². The molecule has 0 rings (SSSR count). The number of hydroxylamine groups is 1. The first-order valence-electron chi connectivity index (χ1n) is 9.13. The molecule has 9 heteroatoms. The summed E-state index contributed by atoms with van der Waals surface area (Å²) in [7, 11) is 1.22. The Morgan fingerprint density at radius 1 is 0.889 bits per heavy atom. The van der Waals surface area contributed by atoms with E-state index in [1.165, 1.54) is 19.5 Å². The molecule has 0 fully saturated rings. The van der Waals surface area contributed by atoms with Gasteiger partial charge >= 0.3 is 5.97 Å². The normalized spacial score (nSPS) is 14.3. The standard InChI is InChI=1S/C18H33N3O6/c1-10(2)7-13(9-15(22)21-26)16(23)20-14(8-11(3)4)17(24)19-12(5)18(25)27-6/h10-14,26H,7-9H2,1-6H3,(H,19,24)(H,20,23)(H,21,22)/t12-,13?,14-/m0/s1. The number of methoxy groups -OCH3 is 1. The maximum absolute atomic E-state index is 12.7. The molecule has 4 N–H and O–H groups in total. The lowest BCUT2D eigenvalue weighted by Crippen LogP contribution is -2.52. The summed E-state index contributed by atoms with van der Waals surface area (Å²) in [6, 6.07) is -1.70. The molecule has 3 amide bonds. The van der Waals surface area contributed by atoms with E-state index in [1.54, 1.807) is 0 Å². The van der Waals surface area contributed by atoms with Crippen molar-refractivity contribution in [2.75, 3.05) is 7.11 Å². The van der Waals surface area contributed by atoms with Crippen molar-refractivity contribution in [2.24, 2.45) is 17.8 Å². The summed E-state index contributed by atoms with van der Waals surface area (Å²) in [6.07, 6.45) is 0.606. The zero-order chi connectivity index (χ0) is 21.1. The predicted octanol–water partition coefficient (Wildman–Crippen LogP) is 0.753. The number of hydrogen-bond acceptors (Lipinski definition) is 6. The summed E-state index contributed by atoms with van der Waals surface area (Å²) >= 11 is 0. The molecule has 0 aliphatic rings. The van der Waals surface area contributed by atoms with Crippen molar-refractivity contribution in [1.29, 1.82) is 0 Å². The van der Waals surface area contributed by atoms with Crippen molar-refractivity contribution >= 4 is 23.7 Å². The van der Waals surface area contributed by atoms with E-state index in [0.717, 1.165) is 0 Å². The Hall–Kier alpha value is -2.16. The lowest BCUT2D eigenvalue weighted by Gasteiger charge is -2.25. The molecule has 1 unspecified atom stereocenters. The highest BCUT2D eigenvalue weighted by molar-refractivity contribution is 5.92. The van der Waals surface area contributed by atoms with Gasteiger partial charge in [-0.1, -0.05) is 27.7 Å². The fraction of sp³-hybridized carbons (Fsp3) is 0.778. The van der Waals surface area contributed by atoms with Crippen LogP contribution in [0.3, 0.4) is 0 Å². The molecule has 0 heterocycles. The van der Waals surface area contributed by atoms with Crippen molar-refractivity contribution < 1.29 is 29.1 Å². The Labute approximate surface area is 160 Å². The molecule has 0 radical (unpaired) electrons. The minimum atomic E-state index is -0.851. The molecule has 156 valence electrons. The molecule has 3 atom stereocenters. The minimum Gasteiger partial charge on any atom is -0.467 e. The van der Waals surface area contributed by atoms with Crippen LogP contribution < -0.4 is 16.1 Å². The number of rotatable bonds is 11. The quantitative estimate of drug-likeness (QED) is 0.235. The molecule has 0 aliphatic heterocycles. The zero-order valence-corrected chi connectivity index (χ0v) is 17.0. The third-order valence-corrected chi connectivity index (χ3v) is 3.94. The van der Waals surface area contributed by atoms with E-state index in [4.69, 9.17) is 5.21 Å². The van der Waals surface area contributed by atoms with Gasteiger partial charge in [-0.05, 0) is 31.6 Å². The molecule has 0 spiro atoms. The first kappa shape index (κ1) is 24.8. The fourth-order valence-corrected chi connectivity index (χ4v) is 2.66. The third-order valence-electron chi connectivity index (χ3n) is 3.94. The van der Waals surface area contributed by atoms with Gasteiger partial charge in [-0.2, -0.15) is 0 Å². The minimum absolute atomic E-state index is 0.110. The van der Waals surface area contributed by atoms with Crippen LogP contribution in [0.4, 0.5) is 0 Å². The zero-order valence-electron chi connectivity index (χ0n) is 17.0. The summed E-state index contributed by atoms with van der Waals surface area (Å²) in [5, 5.41) is 13.9. The highest BCUT2D eigenvalue weighted by atomic mass is 16.5. The van der Waals surface area contributed by atoms with Gasteiger partial charge in [-0.3, -0.25) is 19.6 Å². The van der Waals surface area contributed by atoms with Crippen molar-refractivity contribution in [3.8, 4) is 0 Å². The van der Waals surface area contributed by atoms with E-state index in [1.807, 2.05) is 27.7 Å². The second-order valence-corrected chi connectivity index (χ2v) is 7.51. The van der Waals surface area contributed by atoms with Crippen molar-refractivity contribution in [3.05, 3.63) is 0 Å². The van der Waals surface area contributed by atoms with Gasteiger partial charge in [-0.25, -0.2) is 10.3 Å². The lowest BCUT2D eigenvalue weighted by molar-refractivity contribution is -0.145. The highest BCUT2D eigenvalue weighted by Crippen LogP contribution is 2.17. The Bertz CT molecular complexity index is 521. The highest BCUT2D eigenvalue weighted by Gasteiger charge is 2.29. The van der Waals surface area contributed by atoms with Crippen molar-refractivity contribution in [2.45, 2.75) is 66.0 Å². The van der Waals surface area contributed by atoms with E-state index >= 15 is 0 Å². The Morgan fingerprint density at radius 3 is 1.89 bits per heavy atom. The van der Waals surface area contributed by atoms with Crippen LogP contribution >= 0.6 is 0 Å². The van der Waals surface area contributed by atoms with Gasteiger partial charge in [0.25, 0.3) is 0 Å². The molecular weight excluding hydrogens is 354 g/mol. The molecule has 0 aromatic rings. The topological polar surface area (TPSA) is 134 Å². The van der Waals surface area contributed by atoms with Crippen molar-refractivity contribution in [3.63, 3.8) is 0 Å². The predicted molar refractivity (Wildman–Crippen MR) is 98.5 cm³/mol. The Kier molecular flexibility index (Phi) is 11.3. The number of carbonyl (C=O) groups is 4. The molecule has 27 heavy (non-hydrogen) atoms. The number of hydrogen-bond donors (Lipinski definition) is 4. The molecule has 0 saturated carbocycles. The summed E-state index contributed by atoms with van der Waals surface area (Å²) in [5.41, 5.74) is 1.53. The summed E-state index contributed by atoms with van der Waals surface area (Å²) in [5.74, 6) is -2.63. The van der Waals surface area contributed by atoms with E-state index in [-0.39, 0.29) is 18.3 Å². The van der Waals surface area contributed by atoms with Gasteiger partial charge < -0.3 is 15.4 Å². The second kappa shape index (κ2) is 12.3. The number of nitrogens with one attached hydrogen (secondary N) is 3. The largest absolute Gasteiger partial charge is 0.467 e. The van der Waals surface area contributed by atoms with Crippen LogP contribution in [0.5, 0.6) is 0 Å². The fourth-order valence-electron chi connectivity index (χ4n) is 2.66. The van der Waals surface area contributed by atoms with Gasteiger partial charge in [-0.15, -0.1) is 0 Å². The third kappa shape index (κ3) is 9.93. The van der Waals surface area contributed by atoms with Crippen LogP contribution in [0.25, 0.3) is 0 Å². The van der Waals surface area contributed by atoms with Gasteiger partial charge in [0.1, 0.15) is 12.1 Å². The van der Waals surface area contributed by atoms with Crippen LogP contribution in [0.1, 0.15) is 53.9 Å². The second-order valence-electron chi connectivity index (χ2n) is 7.51. The molecule has 0 aliphatic carbocycles. The maximum Gasteiger partial charge on any atom is 0.328 e. The maximum atomic E-state index is 12.7. The van der Waals surface area contributed by atoms with Crippen LogP contribution in [-0.4, -0.2) is 48.1 Å². The molecule has 0 bridgehead atoms. The average molecular weight is 387 g/mol. The van der Waals surface area contributed by atoms with E-state index in [2.05, 4.69) is 15.4 Å². The number of ether oxygens (including phenoxy) is 1. The van der Waals surface area contributed by atoms with E-state index < -0.39 is 41.7 Å². The number of amides is 3. The molecule has 0 saturated heterocycles. The van der Waals surface area contributed by atoms with Gasteiger partial charge in [0, 0.05) is 12.3 Å². The monoisotopic (exact) mass is 387 g/mol. The summed E-state index contributed by atoms with van der Waals surface area (Å²) in [6.45, 7) is 9.12. The first-order chi connectivity index (χ1) is 12.5. The summed E-state index contributed by atoms with van der Waals surface area (Å²) in [4.78, 5) is 48.2. The Morgan fingerprint density at radius 2 is 1.44 bits per heavy atom. The van der Waals surface area contributed by atoms with E-state index in [0.29, 0.717) is 12.8 Å². The molecule has 9 nitrogen and oxygen atoms in total. The molecule has 0 aromatic carbocycles. The van der Waals surface area contributed by atoms with Crippen LogP contribution in [0.2, 0.25) is 0 Å². The van der Waals surface area contributed by atoms with Crippen LogP contribution in [0.15, 0.2) is 0 Å². The molecular formula is C18H33N3O6. The number of carbonyl (C=O) groups excluding carboxylic acids is 4. The average Bonchev–Trinajstić information content (AvgIpc) is 2.58. The summed E-state index contributed by atoms with van der Waals surface area (Å²) < 4.78 is 4.58. The van der Waals surface area contributed by atoms with E-state index in [9.17, 15) is 19.2 Å². The first-order valence-corrected chi connectivity index (χ1v) is 9.13. The van der Waals surface area contributed by atoms with Gasteiger partial charge in [0.05, 0.1) is 7.11 Å². The van der Waals surface area contributed by atoms with Crippen LogP contribution in [-0.2, 0) is 23.9 Å². The SMILES string of the molecule is COC(=O)[C@H](C)NC(=O)[C@H](CC(C)C)NC(=O)C(CC(=O)NO)CC(C)C.